The Labute approximate surface area is 164 Å². The summed E-state index contributed by atoms with van der Waals surface area (Å²) in [6.45, 7) is 3.54. The molecule has 0 spiro atoms. The molecular weight excluding hydrogens is 356 g/mol. The van der Waals surface area contributed by atoms with Crippen LogP contribution >= 0.6 is 11.8 Å². The maximum atomic E-state index is 12.8. The third-order valence-corrected chi connectivity index (χ3v) is 6.13. The number of hydrogen-bond donors (Lipinski definition) is 0. The summed E-state index contributed by atoms with van der Waals surface area (Å²) < 4.78 is 2.20. The molecule has 0 N–H and O–H groups in total. The lowest BCUT2D eigenvalue weighted by Crippen LogP contribution is -2.31. The van der Waals surface area contributed by atoms with Crippen molar-refractivity contribution in [2.75, 3.05) is 12.3 Å². The zero-order valence-corrected chi connectivity index (χ0v) is 16.6. The highest BCUT2D eigenvalue weighted by Crippen LogP contribution is 2.40. The molecule has 1 saturated carbocycles. The summed E-state index contributed by atoms with van der Waals surface area (Å²) in [7, 11) is 0. The van der Waals surface area contributed by atoms with Crippen LogP contribution < -0.4 is 0 Å². The predicted octanol–water partition coefficient (Wildman–Crippen LogP) is 4.21. The Kier molecular flexibility index (Phi) is 5.62. The standard InChI is InChI=1S/C21H26N4OS/c1-2-24(18-10-6-7-11-18)19(26)15-27-21-23-22-20(17-12-13-17)25(21)14-16-8-4-3-5-9-16/h3-5,8-10,17H,2,6-7,11-15H2,1H3. The smallest absolute Gasteiger partial charge is 0.237 e. The van der Waals surface area contributed by atoms with E-state index in [0.717, 1.165) is 43.3 Å². The molecule has 142 valence electrons. The summed E-state index contributed by atoms with van der Waals surface area (Å²) in [5.41, 5.74) is 2.42. The van der Waals surface area contributed by atoms with E-state index >= 15 is 0 Å². The second-order valence-electron chi connectivity index (χ2n) is 7.20. The van der Waals surface area contributed by atoms with Crippen LogP contribution in [0.2, 0.25) is 0 Å². The van der Waals surface area contributed by atoms with Crippen LogP contribution in [0, 0.1) is 0 Å². The Bertz CT molecular complexity index is 826. The Morgan fingerprint density at radius 2 is 2.07 bits per heavy atom. The minimum Gasteiger partial charge on any atom is -0.316 e. The fraction of sp³-hybridized carbons (Fsp3) is 0.476. The van der Waals surface area contributed by atoms with Gasteiger partial charge in [-0.1, -0.05) is 48.2 Å². The number of carbonyl (C=O) groups is 1. The molecule has 6 heteroatoms. The first kappa shape index (κ1) is 18.3. The van der Waals surface area contributed by atoms with E-state index in [1.807, 2.05) is 17.9 Å². The highest BCUT2D eigenvalue weighted by atomic mass is 32.2. The van der Waals surface area contributed by atoms with E-state index in [4.69, 9.17) is 0 Å². The van der Waals surface area contributed by atoms with Crippen molar-refractivity contribution in [1.82, 2.24) is 19.7 Å². The van der Waals surface area contributed by atoms with Gasteiger partial charge in [0.1, 0.15) is 5.82 Å². The largest absolute Gasteiger partial charge is 0.316 e. The summed E-state index contributed by atoms with van der Waals surface area (Å²) in [6.07, 6.45) is 7.84. The zero-order chi connectivity index (χ0) is 18.6. The molecule has 0 unspecified atom stereocenters. The molecule has 1 aromatic heterocycles. The molecule has 2 aromatic rings. The molecule has 1 fully saturated rings. The first-order chi connectivity index (χ1) is 13.3. The number of hydrogen-bond acceptors (Lipinski definition) is 4. The van der Waals surface area contributed by atoms with E-state index in [9.17, 15) is 4.79 Å². The molecule has 0 bridgehead atoms. The Balaban J connectivity index is 1.47. The van der Waals surface area contributed by atoms with E-state index in [1.54, 1.807) is 0 Å². The number of nitrogens with zero attached hydrogens (tertiary/aromatic N) is 4. The molecule has 2 aliphatic rings. The number of benzene rings is 1. The summed E-state index contributed by atoms with van der Waals surface area (Å²) in [4.78, 5) is 14.7. The van der Waals surface area contributed by atoms with Crippen molar-refractivity contribution in [3.63, 3.8) is 0 Å². The van der Waals surface area contributed by atoms with E-state index in [1.165, 1.54) is 35.9 Å². The van der Waals surface area contributed by atoms with Crippen molar-refractivity contribution in [2.45, 2.75) is 56.6 Å². The summed E-state index contributed by atoms with van der Waals surface area (Å²) >= 11 is 1.51. The fourth-order valence-corrected chi connectivity index (χ4v) is 4.43. The maximum absolute atomic E-state index is 12.8. The molecule has 1 amide bonds. The number of carbonyl (C=O) groups excluding carboxylic acids is 1. The van der Waals surface area contributed by atoms with Crippen molar-refractivity contribution in [1.29, 1.82) is 0 Å². The molecule has 1 heterocycles. The van der Waals surface area contributed by atoms with Crippen LogP contribution in [-0.2, 0) is 11.3 Å². The third-order valence-electron chi connectivity index (χ3n) is 5.18. The lowest BCUT2D eigenvalue weighted by molar-refractivity contribution is -0.126. The van der Waals surface area contributed by atoms with Gasteiger partial charge in [-0.05, 0) is 44.6 Å². The number of rotatable bonds is 8. The minimum absolute atomic E-state index is 0.165. The fourth-order valence-electron chi connectivity index (χ4n) is 3.61. The third kappa shape index (κ3) is 4.26. The van der Waals surface area contributed by atoms with Gasteiger partial charge in [-0.3, -0.25) is 4.79 Å². The lowest BCUT2D eigenvalue weighted by atomic mass is 10.2. The Morgan fingerprint density at radius 1 is 1.26 bits per heavy atom. The monoisotopic (exact) mass is 382 g/mol. The SMILES string of the molecule is CCN(C(=O)CSc1nnc(C2CC2)n1Cc1ccccc1)C1=CCCC1. The average Bonchev–Trinajstić information content (AvgIpc) is 3.24. The van der Waals surface area contributed by atoms with Crippen molar-refractivity contribution >= 4 is 17.7 Å². The quantitative estimate of drug-likeness (QED) is 0.642. The topological polar surface area (TPSA) is 51.0 Å². The summed E-state index contributed by atoms with van der Waals surface area (Å²) in [5.74, 6) is 2.17. The van der Waals surface area contributed by atoms with Gasteiger partial charge in [0.15, 0.2) is 5.16 Å². The highest BCUT2D eigenvalue weighted by molar-refractivity contribution is 7.99. The normalized spacial score (nSPS) is 16.4. The molecule has 1 aromatic carbocycles. The van der Waals surface area contributed by atoms with Crippen molar-refractivity contribution < 1.29 is 4.79 Å². The lowest BCUT2D eigenvalue weighted by Gasteiger charge is -2.22. The molecule has 27 heavy (non-hydrogen) atoms. The van der Waals surface area contributed by atoms with Gasteiger partial charge in [0.25, 0.3) is 0 Å². The molecule has 0 aliphatic heterocycles. The van der Waals surface area contributed by atoms with Gasteiger partial charge >= 0.3 is 0 Å². The molecule has 0 atom stereocenters. The molecule has 0 saturated heterocycles. The van der Waals surface area contributed by atoms with Gasteiger partial charge in [-0.2, -0.15) is 0 Å². The van der Waals surface area contributed by atoms with Crippen LogP contribution in [0.5, 0.6) is 0 Å². The van der Waals surface area contributed by atoms with Crippen LogP contribution in [0.4, 0.5) is 0 Å². The van der Waals surface area contributed by atoms with Crippen molar-refractivity contribution in [3.8, 4) is 0 Å². The maximum Gasteiger partial charge on any atom is 0.237 e. The first-order valence-corrected chi connectivity index (χ1v) is 10.8. The minimum atomic E-state index is 0.165. The average molecular weight is 383 g/mol. The van der Waals surface area contributed by atoms with Crippen LogP contribution in [0.3, 0.4) is 0 Å². The van der Waals surface area contributed by atoms with Gasteiger partial charge in [0.05, 0.1) is 12.3 Å². The van der Waals surface area contributed by atoms with E-state index in [0.29, 0.717) is 11.7 Å². The number of allylic oxidation sites excluding steroid dienone is 2. The second kappa shape index (κ2) is 8.30. The Hall–Kier alpha value is -2.08. The van der Waals surface area contributed by atoms with Crippen LogP contribution in [0.1, 0.15) is 56.3 Å². The van der Waals surface area contributed by atoms with Gasteiger partial charge in [-0.15, -0.1) is 10.2 Å². The first-order valence-electron chi connectivity index (χ1n) is 9.85. The zero-order valence-electron chi connectivity index (χ0n) is 15.8. The molecule has 5 nitrogen and oxygen atoms in total. The number of thioether (sulfide) groups is 1. The van der Waals surface area contributed by atoms with Gasteiger partial charge in [0, 0.05) is 18.2 Å². The molecule has 0 radical (unpaired) electrons. The van der Waals surface area contributed by atoms with E-state index in [2.05, 4.69) is 45.1 Å². The molecular formula is C21H26N4OS. The van der Waals surface area contributed by atoms with Gasteiger partial charge < -0.3 is 9.47 Å². The van der Waals surface area contributed by atoms with E-state index in [-0.39, 0.29) is 5.91 Å². The van der Waals surface area contributed by atoms with Gasteiger partial charge in [-0.25, -0.2) is 0 Å². The van der Waals surface area contributed by atoms with Crippen LogP contribution in [0.25, 0.3) is 0 Å². The van der Waals surface area contributed by atoms with E-state index < -0.39 is 0 Å². The van der Waals surface area contributed by atoms with Gasteiger partial charge in [0.2, 0.25) is 5.91 Å². The number of aromatic nitrogens is 3. The van der Waals surface area contributed by atoms with Crippen molar-refractivity contribution in [2.24, 2.45) is 0 Å². The molecule has 4 rings (SSSR count). The molecule has 2 aliphatic carbocycles. The van der Waals surface area contributed by atoms with Crippen LogP contribution in [-0.4, -0.2) is 37.9 Å². The highest BCUT2D eigenvalue weighted by Gasteiger charge is 2.30. The summed E-state index contributed by atoms with van der Waals surface area (Å²) in [5, 5.41) is 9.72. The Morgan fingerprint density at radius 3 is 2.74 bits per heavy atom. The van der Waals surface area contributed by atoms with Crippen LogP contribution in [0.15, 0.2) is 47.3 Å². The number of amides is 1. The predicted molar refractivity (Wildman–Crippen MR) is 108 cm³/mol. The summed E-state index contributed by atoms with van der Waals surface area (Å²) in [6, 6.07) is 10.4. The van der Waals surface area contributed by atoms with Crippen molar-refractivity contribution in [3.05, 3.63) is 53.5 Å². The second-order valence-corrected chi connectivity index (χ2v) is 8.14.